The summed E-state index contributed by atoms with van der Waals surface area (Å²) in [5.74, 6) is 1.82. The van der Waals surface area contributed by atoms with Crippen molar-refractivity contribution in [1.82, 2.24) is 4.90 Å². The van der Waals surface area contributed by atoms with Gasteiger partial charge >= 0.3 is 0 Å². The van der Waals surface area contributed by atoms with Gasteiger partial charge in [0, 0.05) is 19.6 Å². The maximum atomic E-state index is 6.04. The van der Waals surface area contributed by atoms with E-state index in [2.05, 4.69) is 91.0 Å². The summed E-state index contributed by atoms with van der Waals surface area (Å²) in [6.45, 7) is 10.9. The number of aryl methyl sites for hydroxylation is 2. The van der Waals surface area contributed by atoms with Gasteiger partial charge in [-0.3, -0.25) is 4.90 Å². The van der Waals surface area contributed by atoms with Crippen molar-refractivity contribution in [1.29, 1.82) is 0 Å². The van der Waals surface area contributed by atoms with Gasteiger partial charge in [-0.15, -0.1) is 0 Å². The molecule has 0 amide bonds. The molecule has 1 aliphatic rings. The van der Waals surface area contributed by atoms with Crippen LogP contribution in [0.25, 0.3) is 11.6 Å². The van der Waals surface area contributed by atoms with Crippen molar-refractivity contribution in [2.24, 2.45) is 5.92 Å². The van der Waals surface area contributed by atoms with Crippen LogP contribution in [0.4, 0.5) is 0 Å². The Hall–Kier alpha value is -2.36. The molecule has 0 radical (unpaired) electrons. The summed E-state index contributed by atoms with van der Waals surface area (Å²) in [6, 6.07) is 17.6. The first-order chi connectivity index (χ1) is 15.1. The lowest BCUT2D eigenvalue weighted by atomic mass is 9.99. The number of hydrogen-bond donors (Lipinski definition) is 0. The average molecular weight is 432 g/mol. The minimum Gasteiger partial charge on any atom is -0.494 e. The Morgan fingerprint density at radius 1 is 1.06 bits per heavy atom. The van der Waals surface area contributed by atoms with E-state index in [0.717, 1.165) is 37.7 Å². The van der Waals surface area contributed by atoms with Crippen LogP contribution in [-0.4, -0.2) is 24.6 Å². The monoisotopic (exact) mass is 431 g/mol. The maximum absolute atomic E-state index is 6.04. The quantitative estimate of drug-likeness (QED) is 0.332. The average Bonchev–Trinajstić information content (AvgIpc) is 3.28. The van der Waals surface area contributed by atoms with Crippen LogP contribution in [0.2, 0.25) is 0 Å². The predicted octanol–water partition coefficient (Wildman–Crippen LogP) is 7.22. The van der Waals surface area contributed by atoms with Gasteiger partial charge in [0.1, 0.15) is 5.75 Å². The van der Waals surface area contributed by atoms with Gasteiger partial charge in [0.2, 0.25) is 0 Å². The lowest BCUT2D eigenvalue weighted by Crippen LogP contribution is -2.44. The third kappa shape index (κ3) is 6.09. The van der Waals surface area contributed by atoms with E-state index in [0.29, 0.717) is 0 Å². The fraction of sp³-hybridized carbons (Fsp3) is 0.357. The molecule has 0 spiro atoms. The van der Waals surface area contributed by atoms with Crippen molar-refractivity contribution in [3.8, 4) is 5.75 Å². The van der Waals surface area contributed by atoms with Crippen molar-refractivity contribution in [3.05, 3.63) is 87.1 Å². The van der Waals surface area contributed by atoms with Gasteiger partial charge in [-0.1, -0.05) is 43.3 Å². The molecule has 0 N–H and O–H groups in total. The van der Waals surface area contributed by atoms with Gasteiger partial charge < -0.3 is 4.74 Å². The number of hydrogen-bond acceptors (Lipinski definition) is 3. The minimum absolute atomic E-state index is 0.734. The summed E-state index contributed by atoms with van der Waals surface area (Å²) < 4.78 is 6.04. The fourth-order valence-corrected chi connectivity index (χ4v) is 4.84. The molecular weight excluding hydrogens is 398 g/mol. The Balaban J connectivity index is 1.31. The number of benzene rings is 2. The Morgan fingerprint density at radius 2 is 1.87 bits per heavy atom. The molecule has 1 aromatic heterocycles. The molecule has 2 nitrogen and oxygen atoms in total. The number of ether oxygens (including phenoxy) is 1. The minimum atomic E-state index is 0.734. The van der Waals surface area contributed by atoms with Gasteiger partial charge in [-0.05, 0) is 95.0 Å². The Morgan fingerprint density at radius 3 is 2.55 bits per heavy atom. The van der Waals surface area contributed by atoms with E-state index in [-0.39, 0.29) is 0 Å². The molecule has 3 aromatic rings. The summed E-state index contributed by atoms with van der Waals surface area (Å²) in [7, 11) is 0. The van der Waals surface area contributed by atoms with Crippen LogP contribution in [0.15, 0.2) is 59.3 Å². The van der Waals surface area contributed by atoms with Crippen LogP contribution >= 0.6 is 11.3 Å². The highest BCUT2D eigenvalue weighted by Crippen LogP contribution is 2.26. The number of likely N-dealkylation sites (tertiary alicyclic amines) is 1. The summed E-state index contributed by atoms with van der Waals surface area (Å²) in [6.07, 6.45) is 4.34. The fourth-order valence-electron chi connectivity index (χ4n) is 4.16. The van der Waals surface area contributed by atoms with Gasteiger partial charge in [0.05, 0.1) is 6.61 Å². The molecule has 0 bridgehead atoms. The van der Waals surface area contributed by atoms with Crippen molar-refractivity contribution in [2.45, 2.75) is 40.2 Å². The summed E-state index contributed by atoms with van der Waals surface area (Å²) in [5, 5.41) is 4.40. The molecule has 2 heterocycles. The third-order valence-corrected chi connectivity index (χ3v) is 6.78. The highest BCUT2D eigenvalue weighted by atomic mass is 32.1. The van der Waals surface area contributed by atoms with E-state index >= 15 is 0 Å². The maximum Gasteiger partial charge on any atom is 0.119 e. The summed E-state index contributed by atoms with van der Waals surface area (Å²) in [4.78, 5) is 2.49. The first kappa shape index (κ1) is 21.9. The zero-order valence-electron chi connectivity index (χ0n) is 18.9. The van der Waals surface area contributed by atoms with Crippen LogP contribution in [-0.2, 0) is 6.54 Å². The van der Waals surface area contributed by atoms with Gasteiger partial charge in [-0.2, -0.15) is 11.3 Å². The van der Waals surface area contributed by atoms with Crippen LogP contribution < -0.4 is 4.74 Å². The first-order valence-electron chi connectivity index (χ1n) is 11.3. The third-order valence-electron chi connectivity index (χ3n) is 6.09. The molecular formula is C28H33NOS. The lowest BCUT2D eigenvalue weighted by Gasteiger charge is -2.37. The zero-order valence-corrected chi connectivity index (χ0v) is 19.8. The van der Waals surface area contributed by atoms with Crippen LogP contribution in [0.3, 0.4) is 0 Å². The van der Waals surface area contributed by atoms with Crippen molar-refractivity contribution >= 4 is 23.0 Å². The molecule has 31 heavy (non-hydrogen) atoms. The van der Waals surface area contributed by atoms with Crippen molar-refractivity contribution in [2.75, 3.05) is 19.7 Å². The normalized spacial score (nSPS) is 15.1. The largest absolute Gasteiger partial charge is 0.494 e. The zero-order chi connectivity index (χ0) is 21.6. The highest BCUT2D eigenvalue weighted by molar-refractivity contribution is 7.08. The van der Waals surface area contributed by atoms with E-state index in [9.17, 15) is 0 Å². The molecule has 1 fully saturated rings. The van der Waals surface area contributed by atoms with E-state index in [1.807, 2.05) is 0 Å². The molecule has 162 valence electrons. The van der Waals surface area contributed by atoms with Gasteiger partial charge in [0.25, 0.3) is 0 Å². The van der Waals surface area contributed by atoms with E-state index in [1.165, 1.54) is 46.5 Å². The molecule has 0 aliphatic carbocycles. The molecule has 0 unspecified atom stereocenters. The Kier molecular flexibility index (Phi) is 7.26. The van der Waals surface area contributed by atoms with Crippen LogP contribution in [0.1, 0.15) is 47.6 Å². The molecule has 2 aromatic carbocycles. The van der Waals surface area contributed by atoms with E-state index in [1.54, 1.807) is 11.3 Å². The summed E-state index contributed by atoms with van der Waals surface area (Å²) in [5.41, 5.74) is 8.04. The second-order valence-electron chi connectivity index (χ2n) is 8.92. The van der Waals surface area contributed by atoms with Gasteiger partial charge in [-0.25, -0.2) is 0 Å². The molecule has 0 saturated carbocycles. The lowest BCUT2D eigenvalue weighted by molar-refractivity contribution is 0.105. The molecule has 4 rings (SSSR count). The summed E-state index contributed by atoms with van der Waals surface area (Å²) >= 11 is 1.76. The SMILES string of the molecule is Cc1ccc(/C=C(\CCCOc2ccc(CN3CC(C)C3)cc2)c2ccsc2)cc1C. The smallest absolute Gasteiger partial charge is 0.119 e. The first-order valence-corrected chi connectivity index (χ1v) is 12.3. The highest BCUT2D eigenvalue weighted by Gasteiger charge is 2.21. The molecule has 0 atom stereocenters. The topological polar surface area (TPSA) is 12.5 Å². The molecule has 1 aliphatic heterocycles. The van der Waals surface area contributed by atoms with Crippen LogP contribution in [0, 0.1) is 19.8 Å². The number of rotatable bonds is 9. The van der Waals surface area contributed by atoms with E-state index < -0.39 is 0 Å². The second-order valence-corrected chi connectivity index (χ2v) is 9.70. The van der Waals surface area contributed by atoms with E-state index in [4.69, 9.17) is 4.74 Å². The van der Waals surface area contributed by atoms with Gasteiger partial charge in [0.15, 0.2) is 0 Å². The second kappa shape index (κ2) is 10.3. The predicted molar refractivity (Wildman–Crippen MR) is 134 cm³/mol. The molecule has 3 heteroatoms. The van der Waals surface area contributed by atoms with Crippen molar-refractivity contribution in [3.63, 3.8) is 0 Å². The number of allylic oxidation sites excluding steroid dienone is 1. The number of thiophene rings is 1. The molecule has 1 saturated heterocycles. The van der Waals surface area contributed by atoms with Crippen molar-refractivity contribution < 1.29 is 4.74 Å². The Labute approximate surface area is 191 Å². The Bertz CT molecular complexity index is 998. The number of nitrogens with zero attached hydrogens (tertiary/aromatic N) is 1. The standard InChI is InChI=1S/C28H33NOS/c1-21-17-29(18-21)19-24-8-10-28(11-9-24)30-13-4-5-26(27-12-14-31-20-27)16-25-7-6-22(2)23(3)15-25/h6-12,14-16,20-21H,4-5,13,17-19H2,1-3H3/b26-16+. The van der Waals surface area contributed by atoms with Crippen LogP contribution in [0.5, 0.6) is 5.75 Å².